The number of carbonyl (C=O) groups excluding carboxylic acids is 1. The second-order valence-corrected chi connectivity index (χ2v) is 8.69. The lowest BCUT2D eigenvalue weighted by Crippen LogP contribution is -2.33. The monoisotopic (exact) mass is 349 g/mol. The molecule has 1 atom stereocenters. The van der Waals surface area contributed by atoms with Crippen LogP contribution in [-0.2, 0) is 21.5 Å². The molecule has 23 heavy (non-hydrogen) atoms. The minimum atomic E-state index is -3.59. The van der Waals surface area contributed by atoms with Gasteiger partial charge in [0.25, 0.3) is 5.91 Å². The molecule has 0 radical (unpaired) electrons. The van der Waals surface area contributed by atoms with Crippen LogP contribution in [-0.4, -0.2) is 30.9 Å². The first-order valence-electron chi connectivity index (χ1n) is 7.33. The first-order valence-corrected chi connectivity index (χ1v) is 10.1. The molecule has 0 bridgehead atoms. The topological polar surface area (TPSA) is 67.6 Å². The number of carbonyl (C=O) groups is 1. The molecule has 2 aliphatic heterocycles. The minimum Gasteiger partial charge on any atom is -0.467 e. The highest BCUT2D eigenvalue weighted by atomic mass is 32.2. The number of fused-ring (bicyclic) bond motifs is 1. The maximum Gasteiger partial charge on any atom is 0.270 e. The summed E-state index contributed by atoms with van der Waals surface area (Å²) in [7, 11) is -3.59. The van der Waals surface area contributed by atoms with E-state index in [4.69, 9.17) is 4.42 Å². The average molecular weight is 349 g/mol. The van der Waals surface area contributed by atoms with Crippen molar-refractivity contribution < 1.29 is 17.6 Å². The van der Waals surface area contributed by atoms with Gasteiger partial charge in [0, 0.05) is 23.8 Å². The smallest absolute Gasteiger partial charge is 0.270 e. The first-order chi connectivity index (χ1) is 11.1. The Bertz CT molecular complexity index is 857. The van der Waals surface area contributed by atoms with Crippen LogP contribution in [0.25, 0.3) is 0 Å². The third-order valence-electron chi connectivity index (χ3n) is 4.32. The third kappa shape index (κ3) is 2.48. The van der Waals surface area contributed by atoms with Crippen LogP contribution in [0.4, 0.5) is 0 Å². The summed E-state index contributed by atoms with van der Waals surface area (Å²) in [4.78, 5) is 12.7. The number of sulfonamides is 1. The summed E-state index contributed by atoms with van der Waals surface area (Å²) in [5.74, 6) is 1.55. The van der Waals surface area contributed by atoms with E-state index >= 15 is 0 Å². The molecule has 1 aromatic heterocycles. The third-order valence-corrected chi connectivity index (χ3v) is 7.09. The molecule has 2 aliphatic rings. The van der Waals surface area contributed by atoms with Gasteiger partial charge in [-0.15, -0.1) is 11.8 Å². The van der Waals surface area contributed by atoms with Crippen molar-refractivity contribution in [1.82, 2.24) is 4.31 Å². The summed E-state index contributed by atoms with van der Waals surface area (Å²) in [6, 6.07) is 9.46. The zero-order valence-corrected chi connectivity index (χ0v) is 13.9. The first kappa shape index (κ1) is 14.8. The van der Waals surface area contributed by atoms with Crippen LogP contribution in [0.1, 0.15) is 33.2 Å². The van der Waals surface area contributed by atoms with Gasteiger partial charge < -0.3 is 4.42 Å². The van der Waals surface area contributed by atoms with Crippen molar-refractivity contribution >= 4 is 27.7 Å². The molecule has 4 rings (SSSR count). The van der Waals surface area contributed by atoms with Gasteiger partial charge >= 0.3 is 0 Å². The summed E-state index contributed by atoms with van der Waals surface area (Å²) in [6.07, 6.45) is 1.40. The molecule has 1 fully saturated rings. The van der Waals surface area contributed by atoms with E-state index in [1.807, 2.05) is 30.3 Å². The number of rotatable bonds is 2. The Labute approximate surface area is 138 Å². The van der Waals surface area contributed by atoms with Crippen molar-refractivity contribution in [2.45, 2.75) is 17.4 Å². The molecule has 7 heteroatoms. The number of nitrogens with zero attached hydrogens (tertiary/aromatic N) is 1. The molecule has 0 aliphatic carbocycles. The second-order valence-electron chi connectivity index (χ2n) is 5.77. The lowest BCUT2D eigenvalue weighted by molar-refractivity contribution is 0.0865. The van der Waals surface area contributed by atoms with Crippen LogP contribution in [0.3, 0.4) is 0 Å². The lowest BCUT2D eigenvalue weighted by Gasteiger charge is -2.15. The SMILES string of the molecule is O=C(c1coc2c1CSC2)N1CC(c2ccccc2)CS1(=O)=O. The summed E-state index contributed by atoms with van der Waals surface area (Å²) in [6.45, 7) is 0.193. The molecule has 1 aromatic carbocycles. The van der Waals surface area contributed by atoms with Crippen molar-refractivity contribution in [3.63, 3.8) is 0 Å². The average Bonchev–Trinajstić information content (AvgIpc) is 3.21. The van der Waals surface area contributed by atoms with Crippen LogP contribution in [0.2, 0.25) is 0 Å². The van der Waals surface area contributed by atoms with Gasteiger partial charge in [-0.3, -0.25) is 4.79 Å². The van der Waals surface area contributed by atoms with E-state index in [0.29, 0.717) is 11.3 Å². The van der Waals surface area contributed by atoms with Gasteiger partial charge in [-0.25, -0.2) is 12.7 Å². The van der Waals surface area contributed by atoms with Gasteiger partial charge in [0.05, 0.1) is 17.1 Å². The Hall–Kier alpha value is -1.73. The predicted octanol–water partition coefficient (Wildman–Crippen LogP) is 2.60. The number of hydrogen-bond acceptors (Lipinski definition) is 5. The highest BCUT2D eigenvalue weighted by Gasteiger charge is 2.41. The highest BCUT2D eigenvalue weighted by Crippen LogP contribution is 2.36. The fourth-order valence-corrected chi connectivity index (χ4v) is 5.90. The molecule has 1 unspecified atom stereocenters. The largest absolute Gasteiger partial charge is 0.467 e. The van der Waals surface area contributed by atoms with Crippen molar-refractivity contribution in [2.24, 2.45) is 0 Å². The molecule has 0 spiro atoms. The number of hydrogen-bond donors (Lipinski definition) is 0. The molecule has 5 nitrogen and oxygen atoms in total. The van der Waals surface area contributed by atoms with Crippen LogP contribution in [0.5, 0.6) is 0 Å². The number of furan rings is 1. The lowest BCUT2D eigenvalue weighted by atomic mass is 10.0. The van der Waals surface area contributed by atoms with Gasteiger partial charge in [0.15, 0.2) is 0 Å². The van der Waals surface area contributed by atoms with E-state index in [1.54, 1.807) is 11.8 Å². The molecular weight excluding hydrogens is 334 g/mol. The van der Waals surface area contributed by atoms with Gasteiger partial charge in [-0.05, 0) is 5.56 Å². The van der Waals surface area contributed by atoms with Crippen molar-refractivity contribution in [2.75, 3.05) is 12.3 Å². The van der Waals surface area contributed by atoms with E-state index in [0.717, 1.165) is 26.9 Å². The summed E-state index contributed by atoms with van der Waals surface area (Å²) >= 11 is 1.67. The maximum absolute atomic E-state index is 12.7. The van der Waals surface area contributed by atoms with Crippen LogP contribution in [0, 0.1) is 0 Å². The van der Waals surface area contributed by atoms with Gasteiger partial charge in [-0.2, -0.15) is 0 Å². The van der Waals surface area contributed by atoms with Gasteiger partial charge in [0.1, 0.15) is 12.0 Å². The fourth-order valence-electron chi connectivity index (χ4n) is 3.11. The molecular formula is C16H15NO4S2. The van der Waals surface area contributed by atoms with E-state index in [9.17, 15) is 13.2 Å². The van der Waals surface area contributed by atoms with Crippen molar-refractivity contribution in [1.29, 1.82) is 0 Å². The Morgan fingerprint density at radius 2 is 2.00 bits per heavy atom. The number of benzene rings is 1. The highest BCUT2D eigenvalue weighted by molar-refractivity contribution is 7.98. The zero-order chi connectivity index (χ0) is 16.0. The van der Waals surface area contributed by atoms with Crippen LogP contribution < -0.4 is 0 Å². The standard InChI is InChI=1S/C16H15NO4S2/c18-16(13-7-21-15-9-22-8-14(13)15)17-6-12(10-23(17,19)20)11-4-2-1-3-5-11/h1-5,7,12H,6,8-10H2. The summed E-state index contributed by atoms with van der Waals surface area (Å²) in [5.41, 5.74) is 2.18. The normalized spacial score (nSPS) is 22.3. The molecule has 0 saturated carbocycles. The molecule has 0 N–H and O–H groups in total. The molecule has 1 amide bonds. The van der Waals surface area contributed by atoms with E-state index in [-0.39, 0.29) is 18.2 Å². The Morgan fingerprint density at radius 1 is 1.22 bits per heavy atom. The second kappa shape index (κ2) is 5.42. The van der Waals surface area contributed by atoms with E-state index in [1.165, 1.54) is 6.26 Å². The van der Waals surface area contributed by atoms with Crippen molar-refractivity contribution in [3.05, 3.63) is 59.0 Å². The minimum absolute atomic E-state index is 0.0302. The number of thioether (sulfide) groups is 1. The molecule has 3 heterocycles. The molecule has 2 aromatic rings. The summed E-state index contributed by atoms with van der Waals surface area (Å²) in [5, 5.41) is 0. The molecule has 1 saturated heterocycles. The zero-order valence-electron chi connectivity index (χ0n) is 12.3. The maximum atomic E-state index is 12.7. The van der Waals surface area contributed by atoms with Crippen molar-refractivity contribution in [3.8, 4) is 0 Å². The fraction of sp³-hybridized carbons (Fsp3) is 0.312. The predicted molar refractivity (Wildman–Crippen MR) is 87.7 cm³/mol. The quantitative estimate of drug-likeness (QED) is 0.834. The van der Waals surface area contributed by atoms with Crippen LogP contribution in [0.15, 0.2) is 41.0 Å². The number of amides is 1. The summed E-state index contributed by atoms with van der Waals surface area (Å²) < 4.78 is 31.3. The van der Waals surface area contributed by atoms with Crippen LogP contribution >= 0.6 is 11.8 Å². The Kier molecular flexibility index (Phi) is 3.50. The van der Waals surface area contributed by atoms with Gasteiger partial charge in [0.2, 0.25) is 10.0 Å². The van der Waals surface area contributed by atoms with E-state index < -0.39 is 15.9 Å². The Balaban J connectivity index is 1.64. The van der Waals surface area contributed by atoms with E-state index in [2.05, 4.69) is 0 Å². The van der Waals surface area contributed by atoms with Gasteiger partial charge in [-0.1, -0.05) is 30.3 Å². The molecule has 120 valence electrons. The Morgan fingerprint density at radius 3 is 2.78 bits per heavy atom.